The summed E-state index contributed by atoms with van der Waals surface area (Å²) in [5.41, 5.74) is 1.10. The number of hydrogen-bond acceptors (Lipinski definition) is 4. The third-order valence-corrected chi connectivity index (χ3v) is 5.93. The minimum Gasteiger partial charge on any atom is -0.497 e. The number of ketones is 2. The van der Waals surface area contributed by atoms with E-state index in [1.165, 1.54) is 0 Å². The van der Waals surface area contributed by atoms with Crippen molar-refractivity contribution in [2.45, 2.75) is 70.5 Å². The lowest BCUT2D eigenvalue weighted by molar-refractivity contribution is -0.126. The van der Waals surface area contributed by atoms with Gasteiger partial charge in [0.05, 0.1) is 19.8 Å². The highest BCUT2D eigenvalue weighted by Crippen LogP contribution is 2.39. The van der Waals surface area contributed by atoms with E-state index >= 15 is 0 Å². The van der Waals surface area contributed by atoms with Gasteiger partial charge in [-0.15, -0.1) is 0 Å². The first-order chi connectivity index (χ1) is 12.7. The van der Waals surface area contributed by atoms with Crippen molar-refractivity contribution in [3.05, 3.63) is 29.8 Å². The van der Waals surface area contributed by atoms with Crippen LogP contribution >= 0.6 is 0 Å². The molecule has 4 nitrogen and oxygen atoms in total. The normalized spacial score (nSPS) is 27.7. The Labute approximate surface area is 156 Å². The largest absolute Gasteiger partial charge is 0.497 e. The van der Waals surface area contributed by atoms with E-state index in [1.807, 2.05) is 24.3 Å². The van der Waals surface area contributed by atoms with Gasteiger partial charge in [-0.2, -0.15) is 0 Å². The van der Waals surface area contributed by atoms with Crippen LogP contribution in [0.4, 0.5) is 0 Å². The molecule has 4 heteroatoms. The lowest BCUT2D eigenvalue weighted by Crippen LogP contribution is -2.27. The molecule has 2 aliphatic carbocycles. The Bertz CT molecular complexity index is 607. The molecule has 3 rings (SSSR count). The van der Waals surface area contributed by atoms with Gasteiger partial charge in [-0.05, 0) is 55.7 Å². The lowest BCUT2D eigenvalue weighted by atomic mass is 9.85. The van der Waals surface area contributed by atoms with E-state index in [0.717, 1.165) is 49.8 Å². The molecule has 0 aliphatic heterocycles. The highest BCUT2D eigenvalue weighted by atomic mass is 16.5. The van der Waals surface area contributed by atoms with Crippen molar-refractivity contribution in [1.29, 1.82) is 0 Å². The van der Waals surface area contributed by atoms with Gasteiger partial charge in [0.1, 0.15) is 17.3 Å². The fourth-order valence-electron chi connectivity index (χ4n) is 4.39. The summed E-state index contributed by atoms with van der Waals surface area (Å²) in [6.45, 7) is 0.542. The molecule has 0 spiro atoms. The zero-order valence-electron chi connectivity index (χ0n) is 15.7. The molecular formula is C22H30O4. The smallest absolute Gasteiger partial charge is 0.136 e. The van der Waals surface area contributed by atoms with E-state index in [4.69, 9.17) is 9.47 Å². The predicted molar refractivity (Wildman–Crippen MR) is 100 cm³/mol. The number of Topliss-reactive ketones (excluding diaryl/α,β-unsaturated/α-hetero) is 2. The van der Waals surface area contributed by atoms with Gasteiger partial charge in [0.2, 0.25) is 0 Å². The van der Waals surface area contributed by atoms with Crippen molar-refractivity contribution in [3.63, 3.8) is 0 Å². The van der Waals surface area contributed by atoms with Crippen LogP contribution in [-0.2, 0) is 20.9 Å². The van der Waals surface area contributed by atoms with Crippen LogP contribution in [-0.4, -0.2) is 24.8 Å². The molecule has 0 aromatic heterocycles. The summed E-state index contributed by atoms with van der Waals surface area (Å²) in [6, 6.07) is 7.89. The number of ether oxygens (including phenoxy) is 2. The third-order valence-electron chi connectivity index (χ3n) is 5.93. The van der Waals surface area contributed by atoms with Crippen LogP contribution in [0.15, 0.2) is 24.3 Å². The number of carbonyl (C=O) groups is 2. The van der Waals surface area contributed by atoms with E-state index in [0.29, 0.717) is 37.4 Å². The van der Waals surface area contributed by atoms with Crippen LogP contribution < -0.4 is 4.74 Å². The van der Waals surface area contributed by atoms with E-state index in [-0.39, 0.29) is 17.9 Å². The molecule has 0 amide bonds. The topological polar surface area (TPSA) is 52.6 Å². The van der Waals surface area contributed by atoms with Crippen LogP contribution in [0.25, 0.3) is 0 Å². The summed E-state index contributed by atoms with van der Waals surface area (Å²) >= 11 is 0. The van der Waals surface area contributed by atoms with Crippen molar-refractivity contribution in [2.24, 2.45) is 11.8 Å². The SMILES string of the molecule is COc1ccc(CO[C@H]2CC[C@H]3C(=O)CCCCCC(=O)CC[C@@H]23)cc1. The Kier molecular flexibility index (Phi) is 6.84. The Morgan fingerprint density at radius 3 is 2.46 bits per heavy atom. The average Bonchev–Trinajstić information content (AvgIpc) is 3.06. The summed E-state index contributed by atoms with van der Waals surface area (Å²) < 4.78 is 11.4. The van der Waals surface area contributed by atoms with Crippen molar-refractivity contribution >= 4 is 11.6 Å². The van der Waals surface area contributed by atoms with Crippen LogP contribution in [0.5, 0.6) is 5.75 Å². The Hall–Kier alpha value is -1.68. The van der Waals surface area contributed by atoms with Gasteiger partial charge < -0.3 is 9.47 Å². The molecule has 0 saturated heterocycles. The molecule has 3 atom stereocenters. The summed E-state index contributed by atoms with van der Waals surface area (Å²) in [4.78, 5) is 24.7. The van der Waals surface area contributed by atoms with Crippen molar-refractivity contribution in [2.75, 3.05) is 7.11 Å². The molecule has 2 aliphatic rings. The zero-order valence-corrected chi connectivity index (χ0v) is 15.7. The van der Waals surface area contributed by atoms with Gasteiger partial charge in [0, 0.05) is 25.2 Å². The minimum atomic E-state index is 0.0830. The maximum absolute atomic E-state index is 12.6. The monoisotopic (exact) mass is 358 g/mol. The van der Waals surface area contributed by atoms with Crippen molar-refractivity contribution in [3.8, 4) is 5.75 Å². The van der Waals surface area contributed by atoms with Gasteiger partial charge in [-0.3, -0.25) is 9.59 Å². The number of fused-ring (bicyclic) bond motifs is 1. The van der Waals surface area contributed by atoms with Crippen molar-refractivity contribution < 1.29 is 19.1 Å². The second kappa shape index (κ2) is 9.31. The maximum atomic E-state index is 12.6. The summed E-state index contributed by atoms with van der Waals surface area (Å²) in [6.07, 6.45) is 7.48. The number of carbonyl (C=O) groups excluding carboxylic acids is 2. The molecular weight excluding hydrogens is 328 g/mol. The highest BCUT2D eigenvalue weighted by Gasteiger charge is 2.40. The first-order valence-electron chi connectivity index (χ1n) is 9.96. The Morgan fingerprint density at radius 2 is 1.69 bits per heavy atom. The molecule has 2 saturated carbocycles. The molecule has 1 aromatic rings. The first-order valence-corrected chi connectivity index (χ1v) is 9.96. The molecule has 2 fully saturated rings. The number of benzene rings is 1. The van der Waals surface area contributed by atoms with Gasteiger partial charge in [-0.25, -0.2) is 0 Å². The second-order valence-electron chi connectivity index (χ2n) is 7.65. The van der Waals surface area contributed by atoms with Crippen LogP contribution in [0.2, 0.25) is 0 Å². The highest BCUT2D eigenvalue weighted by molar-refractivity contribution is 5.82. The van der Waals surface area contributed by atoms with E-state index in [9.17, 15) is 9.59 Å². The van der Waals surface area contributed by atoms with E-state index in [1.54, 1.807) is 7.11 Å². The van der Waals surface area contributed by atoms with Gasteiger partial charge in [0.25, 0.3) is 0 Å². The quantitative estimate of drug-likeness (QED) is 0.796. The summed E-state index contributed by atoms with van der Waals surface area (Å²) in [5.74, 6) is 1.85. The molecule has 0 bridgehead atoms. The van der Waals surface area contributed by atoms with Crippen LogP contribution in [0, 0.1) is 11.8 Å². The molecule has 0 heterocycles. The fourth-order valence-corrected chi connectivity index (χ4v) is 4.39. The van der Waals surface area contributed by atoms with Gasteiger partial charge >= 0.3 is 0 Å². The number of rotatable bonds is 4. The van der Waals surface area contributed by atoms with Gasteiger partial charge in [-0.1, -0.05) is 18.6 Å². The van der Waals surface area contributed by atoms with Crippen LogP contribution in [0.1, 0.15) is 63.4 Å². The number of hydrogen-bond donors (Lipinski definition) is 0. The Morgan fingerprint density at radius 1 is 0.923 bits per heavy atom. The standard InChI is InChI=1S/C22H30O4/c1-25-18-10-7-16(8-11-18)15-26-22-14-13-19-20(22)12-9-17(23)5-3-2-4-6-21(19)24/h7-8,10-11,19-20,22H,2-6,9,12-15H2,1H3/t19-,20-,22+/m1/s1. The molecule has 1 aromatic carbocycles. The Balaban J connectivity index is 1.63. The molecule has 0 N–H and O–H groups in total. The van der Waals surface area contributed by atoms with Crippen molar-refractivity contribution in [1.82, 2.24) is 0 Å². The number of methoxy groups -OCH3 is 1. The lowest BCUT2D eigenvalue weighted by Gasteiger charge is -2.24. The van der Waals surface area contributed by atoms with E-state index < -0.39 is 0 Å². The molecule has 0 unspecified atom stereocenters. The zero-order chi connectivity index (χ0) is 18.4. The molecule has 26 heavy (non-hydrogen) atoms. The molecule has 0 radical (unpaired) electrons. The maximum Gasteiger partial charge on any atom is 0.136 e. The average molecular weight is 358 g/mol. The minimum absolute atomic E-state index is 0.0830. The van der Waals surface area contributed by atoms with Crippen LogP contribution in [0.3, 0.4) is 0 Å². The fraction of sp³-hybridized carbons (Fsp3) is 0.636. The first kappa shape index (κ1) is 19.1. The summed E-state index contributed by atoms with van der Waals surface area (Å²) in [7, 11) is 1.66. The predicted octanol–water partition coefficient (Wildman–Crippen LogP) is 4.49. The second-order valence-corrected chi connectivity index (χ2v) is 7.65. The van der Waals surface area contributed by atoms with E-state index in [2.05, 4.69) is 0 Å². The third kappa shape index (κ3) is 4.94. The molecule has 142 valence electrons. The summed E-state index contributed by atoms with van der Waals surface area (Å²) in [5, 5.41) is 0. The van der Waals surface area contributed by atoms with Gasteiger partial charge in [0.15, 0.2) is 0 Å².